The Morgan fingerprint density at radius 2 is 1.87 bits per heavy atom. The highest BCUT2D eigenvalue weighted by atomic mass is 19.4. The first-order chi connectivity index (χ1) is 10.8. The summed E-state index contributed by atoms with van der Waals surface area (Å²) < 4.78 is 51.4. The Hall–Kier alpha value is -2.57. The molecule has 0 aromatic heterocycles. The topological polar surface area (TPSA) is 32.3 Å². The van der Waals surface area contributed by atoms with Gasteiger partial charge >= 0.3 is 6.18 Å². The first-order valence-corrected chi connectivity index (χ1v) is 6.86. The molecule has 2 aromatic carbocycles. The lowest BCUT2D eigenvalue weighted by molar-refractivity contribution is -0.151. The van der Waals surface area contributed by atoms with E-state index in [1.54, 1.807) is 24.3 Å². The van der Waals surface area contributed by atoms with Gasteiger partial charge in [0.05, 0.1) is 17.1 Å². The second kappa shape index (κ2) is 5.57. The van der Waals surface area contributed by atoms with E-state index in [0.717, 1.165) is 11.0 Å². The Bertz CT molecular complexity index is 758. The van der Waals surface area contributed by atoms with Crippen LogP contribution in [0.3, 0.4) is 0 Å². The molecule has 7 heteroatoms. The first kappa shape index (κ1) is 15.3. The van der Waals surface area contributed by atoms with Gasteiger partial charge < -0.3 is 5.32 Å². The van der Waals surface area contributed by atoms with Crippen LogP contribution in [0.4, 0.5) is 34.6 Å². The maximum Gasteiger partial charge on any atom is 0.397 e. The highest BCUT2D eigenvalue weighted by Crippen LogP contribution is 2.39. The fourth-order valence-electron chi connectivity index (χ4n) is 2.57. The number of alkyl halides is 3. The van der Waals surface area contributed by atoms with Crippen molar-refractivity contribution in [2.75, 3.05) is 10.2 Å². The molecule has 1 aliphatic rings. The quantitative estimate of drug-likeness (QED) is 0.790. The largest absolute Gasteiger partial charge is 0.397 e. The lowest BCUT2D eigenvalue weighted by atomic mass is 10.1. The van der Waals surface area contributed by atoms with Crippen molar-refractivity contribution in [3.8, 4) is 0 Å². The van der Waals surface area contributed by atoms with Gasteiger partial charge in [0.25, 0.3) is 0 Å². The van der Waals surface area contributed by atoms with Gasteiger partial charge in [-0.3, -0.25) is 9.69 Å². The third kappa shape index (κ3) is 3.13. The van der Waals surface area contributed by atoms with Crippen molar-refractivity contribution in [2.45, 2.75) is 19.1 Å². The molecular weight excluding hydrogens is 312 g/mol. The molecule has 0 bridgehead atoms. The number of hydrogen-bond acceptors (Lipinski definition) is 2. The molecule has 0 fully saturated rings. The highest BCUT2D eigenvalue weighted by molar-refractivity contribution is 6.04. The Kier molecular flexibility index (Phi) is 3.71. The van der Waals surface area contributed by atoms with E-state index in [4.69, 9.17) is 0 Å². The molecule has 0 aliphatic carbocycles. The van der Waals surface area contributed by atoms with Crippen LogP contribution in [0.25, 0.3) is 0 Å². The van der Waals surface area contributed by atoms with Crippen LogP contribution < -0.4 is 10.2 Å². The summed E-state index contributed by atoms with van der Waals surface area (Å²) in [4.78, 5) is 13.3. The molecule has 0 saturated carbocycles. The zero-order chi connectivity index (χ0) is 16.6. The van der Waals surface area contributed by atoms with Gasteiger partial charge in [-0.1, -0.05) is 12.1 Å². The molecule has 0 spiro atoms. The van der Waals surface area contributed by atoms with Gasteiger partial charge in [-0.2, -0.15) is 13.2 Å². The summed E-state index contributed by atoms with van der Waals surface area (Å²) in [6.45, 7) is 0.208. The molecule has 0 radical (unpaired) electrons. The maximum atomic E-state index is 13.4. The van der Waals surface area contributed by atoms with E-state index in [9.17, 15) is 22.4 Å². The predicted molar refractivity (Wildman–Crippen MR) is 78.0 cm³/mol. The van der Waals surface area contributed by atoms with Crippen molar-refractivity contribution in [3.63, 3.8) is 0 Å². The molecule has 0 unspecified atom stereocenters. The van der Waals surface area contributed by atoms with Crippen molar-refractivity contribution < 1.29 is 22.4 Å². The van der Waals surface area contributed by atoms with Gasteiger partial charge in [0.1, 0.15) is 12.2 Å². The van der Waals surface area contributed by atoms with Gasteiger partial charge in [-0.05, 0) is 35.9 Å². The van der Waals surface area contributed by atoms with E-state index in [1.807, 2.05) is 0 Å². The lowest BCUT2D eigenvalue weighted by Gasteiger charge is -2.25. The lowest BCUT2D eigenvalue weighted by Crippen LogP contribution is -2.30. The third-order valence-corrected chi connectivity index (χ3v) is 3.50. The summed E-state index contributed by atoms with van der Waals surface area (Å²) in [6, 6.07) is 10.2. The molecule has 3 rings (SSSR count). The molecule has 1 N–H and O–H groups in total. The number of benzene rings is 2. The number of rotatable bonds is 1. The van der Waals surface area contributed by atoms with Crippen LogP contribution >= 0.6 is 0 Å². The fourth-order valence-corrected chi connectivity index (χ4v) is 2.57. The van der Waals surface area contributed by atoms with E-state index in [-0.39, 0.29) is 12.2 Å². The van der Waals surface area contributed by atoms with Gasteiger partial charge in [-0.25, -0.2) is 4.39 Å². The summed E-state index contributed by atoms with van der Waals surface area (Å²) in [5, 5.41) is 3.01. The van der Waals surface area contributed by atoms with Crippen molar-refractivity contribution in [1.82, 2.24) is 0 Å². The minimum absolute atomic E-state index is 0.208. The van der Waals surface area contributed by atoms with E-state index < -0.39 is 24.3 Å². The zero-order valence-corrected chi connectivity index (χ0v) is 11.8. The maximum absolute atomic E-state index is 13.4. The zero-order valence-electron chi connectivity index (χ0n) is 11.8. The van der Waals surface area contributed by atoms with Crippen molar-refractivity contribution in [2.24, 2.45) is 0 Å². The molecule has 1 amide bonds. The molecule has 0 saturated heterocycles. The predicted octanol–water partition coefficient (Wildman–Crippen LogP) is 4.37. The molecule has 120 valence electrons. The fraction of sp³-hybridized carbons (Fsp3) is 0.188. The number of nitrogens with zero attached hydrogens (tertiary/aromatic N) is 1. The normalized spacial score (nSPS) is 13.7. The highest BCUT2D eigenvalue weighted by Gasteiger charge is 2.36. The second-order valence-corrected chi connectivity index (χ2v) is 5.16. The summed E-state index contributed by atoms with van der Waals surface area (Å²) >= 11 is 0. The van der Waals surface area contributed by atoms with Crippen LogP contribution in [0, 0.1) is 5.82 Å². The molecule has 0 atom stereocenters. The van der Waals surface area contributed by atoms with Crippen LogP contribution in [0.5, 0.6) is 0 Å². The number of fused-ring (bicyclic) bond motifs is 2. The summed E-state index contributed by atoms with van der Waals surface area (Å²) in [5.74, 6) is -1.62. The Balaban J connectivity index is 2.14. The molecule has 3 nitrogen and oxygen atoms in total. The number of nitrogens with one attached hydrogen (secondary N) is 1. The van der Waals surface area contributed by atoms with Crippen LogP contribution in [-0.2, 0) is 11.3 Å². The van der Waals surface area contributed by atoms with Crippen LogP contribution in [-0.4, -0.2) is 12.1 Å². The van der Waals surface area contributed by atoms with Crippen molar-refractivity contribution in [3.05, 3.63) is 53.8 Å². The van der Waals surface area contributed by atoms with Crippen LogP contribution in [0.2, 0.25) is 0 Å². The molecular formula is C16H12F4N2O. The molecule has 2 aromatic rings. The first-order valence-electron chi connectivity index (χ1n) is 6.86. The summed E-state index contributed by atoms with van der Waals surface area (Å²) in [5.41, 5.74) is 1.49. The minimum Gasteiger partial charge on any atom is -0.379 e. The SMILES string of the molecule is O=C(CC(F)(F)F)N1c2ccc(F)cc2CNc2ccccc21. The summed E-state index contributed by atoms with van der Waals surface area (Å²) in [6.07, 6.45) is -6.20. The minimum atomic E-state index is -4.62. The molecule has 23 heavy (non-hydrogen) atoms. The Morgan fingerprint density at radius 3 is 2.61 bits per heavy atom. The van der Waals surface area contributed by atoms with E-state index >= 15 is 0 Å². The van der Waals surface area contributed by atoms with Gasteiger partial charge in [0.15, 0.2) is 0 Å². The number of hydrogen-bond donors (Lipinski definition) is 1. The number of carbonyl (C=O) groups is 1. The molecule has 1 aliphatic heterocycles. The van der Waals surface area contributed by atoms with Crippen molar-refractivity contribution >= 4 is 23.0 Å². The Labute approximate surface area is 129 Å². The number of anilines is 3. The monoisotopic (exact) mass is 324 g/mol. The third-order valence-electron chi connectivity index (χ3n) is 3.50. The summed E-state index contributed by atoms with van der Waals surface area (Å²) in [7, 11) is 0. The number of amides is 1. The average molecular weight is 324 g/mol. The van der Waals surface area contributed by atoms with E-state index in [0.29, 0.717) is 16.9 Å². The smallest absolute Gasteiger partial charge is 0.379 e. The van der Waals surface area contributed by atoms with Crippen LogP contribution in [0.15, 0.2) is 42.5 Å². The van der Waals surface area contributed by atoms with Gasteiger partial charge in [0, 0.05) is 6.54 Å². The number of halogens is 4. The van der Waals surface area contributed by atoms with E-state index in [2.05, 4.69) is 5.32 Å². The van der Waals surface area contributed by atoms with E-state index in [1.165, 1.54) is 12.1 Å². The van der Waals surface area contributed by atoms with Crippen molar-refractivity contribution in [1.29, 1.82) is 0 Å². The number of carbonyl (C=O) groups excluding carboxylic acids is 1. The van der Waals surface area contributed by atoms with Crippen LogP contribution in [0.1, 0.15) is 12.0 Å². The van der Waals surface area contributed by atoms with Gasteiger partial charge in [-0.15, -0.1) is 0 Å². The number of para-hydroxylation sites is 2. The second-order valence-electron chi connectivity index (χ2n) is 5.16. The van der Waals surface area contributed by atoms with Gasteiger partial charge in [0.2, 0.25) is 5.91 Å². The average Bonchev–Trinajstić information content (AvgIpc) is 2.62. The molecule has 1 heterocycles. The Morgan fingerprint density at radius 1 is 1.13 bits per heavy atom. The standard InChI is InChI=1S/C16H12F4N2O/c17-11-5-6-13-10(7-11)9-21-12-3-1-2-4-14(12)22(13)15(23)8-16(18,19)20/h1-7,21H,8-9H2.